The Morgan fingerprint density at radius 3 is 1.73 bits per heavy atom. The van der Waals surface area contributed by atoms with E-state index in [1.54, 1.807) is 30.3 Å². The maximum absolute atomic E-state index is 9.43. The molecule has 10 aromatic rings. The number of rotatable bonds is 5. The number of para-hydroxylation sites is 2. The van der Waals surface area contributed by atoms with Crippen LogP contribution >= 0.6 is 0 Å². The average molecular weight is 662 g/mol. The minimum atomic E-state index is -0.600. The molecule has 10 rings (SSSR count). The van der Waals surface area contributed by atoms with E-state index in [1.165, 1.54) is 6.07 Å². The van der Waals surface area contributed by atoms with Gasteiger partial charge >= 0.3 is 0 Å². The van der Waals surface area contributed by atoms with Crippen LogP contribution in [0.4, 0.5) is 0 Å². The molecule has 2 heteroatoms. The molecule has 0 aliphatic rings. The summed E-state index contributed by atoms with van der Waals surface area (Å²) in [7, 11) is 0. The van der Waals surface area contributed by atoms with E-state index in [1.807, 2.05) is 66.7 Å². The quantitative estimate of drug-likeness (QED) is 0.168. The number of nitrogens with zero attached hydrogens (tertiary/aromatic N) is 2. The molecule has 0 atom stereocenters. The van der Waals surface area contributed by atoms with E-state index < -0.39 is 78.6 Å². The number of hydrogen-bond donors (Lipinski definition) is 0. The van der Waals surface area contributed by atoms with Gasteiger partial charge in [0.15, 0.2) is 0 Å². The Labute approximate surface area is 314 Å². The van der Waals surface area contributed by atoms with Crippen molar-refractivity contribution >= 4 is 43.4 Å². The molecule has 0 unspecified atom stereocenters. The van der Waals surface area contributed by atoms with Gasteiger partial charge in [0.05, 0.1) is 28.9 Å². The van der Waals surface area contributed by atoms with Gasteiger partial charge in [0.1, 0.15) is 5.82 Å². The summed E-state index contributed by atoms with van der Waals surface area (Å²) in [4.78, 5) is 5.04. The van der Waals surface area contributed by atoms with Crippen molar-refractivity contribution < 1.29 is 17.8 Å². The number of imidazole rings is 1. The highest BCUT2D eigenvalue weighted by atomic mass is 15.1. The minimum Gasteiger partial charge on any atom is -0.292 e. The van der Waals surface area contributed by atoms with Gasteiger partial charge in [0.2, 0.25) is 0 Å². The molecule has 0 aliphatic heterocycles. The largest absolute Gasteiger partial charge is 0.292 e. The van der Waals surface area contributed by atoms with Crippen LogP contribution in [0.5, 0.6) is 0 Å². The van der Waals surface area contributed by atoms with Gasteiger partial charge in [0, 0.05) is 11.3 Å². The fourth-order valence-electron chi connectivity index (χ4n) is 7.07. The Morgan fingerprint density at radius 1 is 0.431 bits per heavy atom. The van der Waals surface area contributed by atoms with Gasteiger partial charge in [-0.25, -0.2) is 4.98 Å². The van der Waals surface area contributed by atoms with Crippen LogP contribution in [0.2, 0.25) is 0 Å². The molecule has 51 heavy (non-hydrogen) atoms. The second-order valence-corrected chi connectivity index (χ2v) is 12.2. The second kappa shape index (κ2) is 12.0. The lowest BCUT2D eigenvalue weighted by Gasteiger charge is -2.20. The molecule has 0 amide bonds. The molecule has 0 saturated carbocycles. The van der Waals surface area contributed by atoms with Crippen molar-refractivity contribution in [2.75, 3.05) is 0 Å². The smallest absolute Gasteiger partial charge is 0.145 e. The zero-order chi connectivity index (χ0) is 45.0. The third kappa shape index (κ3) is 4.84. The predicted molar refractivity (Wildman–Crippen MR) is 215 cm³/mol. The highest BCUT2D eigenvalue weighted by molar-refractivity contribution is 6.22. The first kappa shape index (κ1) is 18.8. The van der Waals surface area contributed by atoms with Crippen LogP contribution in [0, 0.1) is 0 Å². The van der Waals surface area contributed by atoms with E-state index in [0.717, 1.165) is 27.5 Å². The molecule has 2 nitrogen and oxygen atoms in total. The molecule has 0 aliphatic carbocycles. The van der Waals surface area contributed by atoms with Crippen LogP contribution in [0.1, 0.15) is 17.8 Å². The Hall–Kier alpha value is -6.77. The van der Waals surface area contributed by atoms with Gasteiger partial charge in [-0.3, -0.25) is 4.57 Å². The molecule has 1 aromatic heterocycles. The summed E-state index contributed by atoms with van der Waals surface area (Å²) in [6.45, 7) is 0. The summed E-state index contributed by atoms with van der Waals surface area (Å²) in [6, 6.07) is 28.5. The van der Waals surface area contributed by atoms with E-state index in [9.17, 15) is 5.48 Å². The van der Waals surface area contributed by atoms with E-state index in [-0.39, 0.29) is 49.4 Å². The van der Waals surface area contributed by atoms with Crippen molar-refractivity contribution in [1.82, 2.24) is 9.55 Å². The second-order valence-electron chi connectivity index (χ2n) is 12.2. The van der Waals surface area contributed by atoms with Gasteiger partial charge < -0.3 is 0 Å². The van der Waals surface area contributed by atoms with Gasteiger partial charge in [-0.1, -0.05) is 170 Å². The predicted octanol–water partition coefficient (Wildman–Crippen LogP) is 13.2. The molecule has 238 valence electrons. The third-order valence-electron chi connectivity index (χ3n) is 9.32. The highest BCUT2D eigenvalue weighted by Crippen LogP contribution is 2.46. The standard InChI is InChI=1S/C49H32N2/c1-2-15-34(16-3-1)39-18-6-7-19-40(39)48-43-22-10-8-20-41(43)47(42-21-9-11-23-44(42)48)35-26-28-36(29-27-35)49-50-45-24-12-13-25-46(45)51(49)38-31-30-33-14-4-5-17-37(33)32-38/h1-32H/i1D,2D,3D,8D,9D,10D,11D,15D,16D,20D,21D,22D,23D. The molecule has 0 bridgehead atoms. The zero-order valence-electron chi connectivity index (χ0n) is 39.9. The molecular formula is C49H32N2. The van der Waals surface area contributed by atoms with Crippen LogP contribution < -0.4 is 0 Å². The van der Waals surface area contributed by atoms with Crippen molar-refractivity contribution in [3.63, 3.8) is 0 Å². The average Bonchev–Trinajstić information content (AvgIpc) is 3.71. The summed E-state index contributed by atoms with van der Waals surface area (Å²) in [5.74, 6) is 0.626. The summed E-state index contributed by atoms with van der Waals surface area (Å²) in [5.41, 5.74) is 3.82. The topological polar surface area (TPSA) is 17.8 Å². The molecule has 1 heterocycles. The normalized spacial score (nSPS) is 15.1. The Balaban J connectivity index is 1.30. The van der Waals surface area contributed by atoms with Gasteiger partial charge in [-0.2, -0.15) is 0 Å². The number of aromatic nitrogens is 2. The Morgan fingerprint density at radius 2 is 1.00 bits per heavy atom. The number of hydrogen-bond acceptors (Lipinski definition) is 1. The SMILES string of the molecule is [2H]c1c([2H])c([2H])c(-c2ccccc2-c2c3c([2H])c([2H])c([2H])c([2H])c3c(-c3ccc(-c4nc5ccccc5n4-c4ccc5ccccc5c4)cc3)c3c([2H])c([2H])c([2H])c([2H])c23)c([2H])c1[2H]. The lowest BCUT2D eigenvalue weighted by atomic mass is 9.84. The third-order valence-corrected chi connectivity index (χ3v) is 9.32. The van der Waals surface area contributed by atoms with E-state index in [0.29, 0.717) is 17.0 Å². The summed E-state index contributed by atoms with van der Waals surface area (Å²) < 4.78 is 118. The minimum absolute atomic E-state index is 0.00381. The molecule has 0 N–H and O–H groups in total. The number of benzene rings is 9. The van der Waals surface area contributed by atoms with Crippen molar-refractivity contribution in [3.05, 3.63) is 194 Å². The van der Waals surface area contributed by atoms with Crippen molar-refractivity contribution in [3.8, 4) is 50.5 Å². The molecule has 0 spiro atoms. The van der Waals surface area contributed by atoms with Crippen LogP contribution in [0.15, 0.2) is 194 Å². The Bertz CT molecular complexity index is 3550. The zero-order valence-corrected chi connectivity index (χ0v) is 26.9. The van der Waals surface area contributed by atoms with Crippen LogP contribution in [-0.4, -0.2) is 9.55 Å². The monoisotopic (exact) mass is 661 g/mol. The van der Waals surface area contributed by atoms with Crippen LogP contribution in [-0.2, 0) is 0 Å². The van der Waals surface area contributed by atoms with Crippen molar-refractivity contribution in [2.45, 2.75) is 0 Å². The molecule has 9 aromatic carbocycles. The van der Waals surface area contributed by atoms with Crippen LogP contribution in [0.3, 0.4) is 0 Å². The summed E-state index contributed by atoms with van der Waals surface area (Å²) >= 11 is 0. The molecular weight excluding hydrogens is 617 g/mol. The van der Waals surface area contributed by atoms with Crippen molar-refractivity contribution in [1.29, 1.82) is 0 Å². The first-order valence-corrected chi connectivity index (χ1v) is 16.4. The first-order chi connectivity index (χ1) is 30.7. The fourth-order valence-corrected chi connectivity index (χ4v) is 7.07. The van der Waals surface area contributed by atoms with E-state index >= 15 is 0 Å². The lowest BCUT2D eigenvalue weighted by Crippen LogP contribution is -1.98. The number of fused-ring (bicyclic) bond motifs is 4. The maximum atomic E-state index is 9.43. The van der Waals surface area contributed by atoms with E-state index in [2.05, 4.69) is 16.7 Å². The summed E-state index contributed by atoms with van der Waals surface area (Å²) in [5, 5.41) is 1.95. The van der Waals surface area contributed by atoms with Crippen LogP contribution in [0.25, 0.3) is 93.8 Å². The highest BCUT2D eigenvalue weighted by Gasteiger charge is 2.20. The first-order valence-electron chi connectivity index (χ1n) is 22.9. The van der Waals surface area contributed by atoms with Gasteiger partial charge in [0.25, 0.3) is 0 Å². The van der Waals surface area contributed by atoms with Crippen molar-refractivity contribution in [2.24, 2.45) is 0 Å². The molecule has 0 saturated heterocycles. The van der Waals surface area contributed by atoms with Gasteiger partial charge in [-0.05, 0) is 90.0 Å². The maximum Gasteiger partial charge on any atom is 0.145 e. The fraction of sp³-hybridized carbons (Fsp3) is 0. The summed E-state index contributed by atoms with van der Waals surface area (Å²) in [6.07, 6.45) is 0. The Kier molecular flexibility index (Phi) is 4.43. The molecule has 0 radical (unpaired) electrons. The van der Waals surface area contributed by atoms with E-state index in [4.69, 9.17) is 17.3 Å². The van der Waals surface area contributed by atoms with Gasteiger partial charge in [-0.15, -0.1) is 0 Å². The lowest BCUT2D eigenvalue weighted by molar-refractivity contribution is 1.11. The molecule has 0 fully saturated rings.